The van der Waals surface area contributed by atoms with Crippen LogP contribution in [-0.2, 0) is 0 Å². The highest BCUT2D eigenvalue weighted by molar-refractivity contribution is 8.10. The Morgan fingerprint density at radius 3 is 1.07 bits per heavy atom. The summed E-state index contributed by atoms with van der Waals surface area (Å²) in [4.78, 5) is 0. The topological polar surface area (TPSA) is 0 Å². The molecular formula is C35H64S11. The van der Waals surface area contributed by atoms with Crippen molar-refractivity contribution in [1.29, 1.82) is 0 Å². The summed E-state index contributed by atoms with van der Waals surface area (Å²) in [5.41, 5.74) is 0.415. The van der Waals surface area contributed by atoms with E-state index in [1.807, 2.05) is 0 Å². The molecular weight excluding hydrogens is 773 g/mol. The summed E-state index contributed by atoms with van der Waals surface area (Å²) in [7, 11) is 0. The quantitative estimate of drug-likeness (QED) is 0.0449. The first-order valence-electron chi connectivity index (χ1n) is 18.3. The molecule has 0 bridgehead atoms. The van der Waals surface area contributed by atoms with Crippen molar-refractivity contribution in [1.82, 2.24) is 0 Å². The van der Waals surface area contributed by atoms with Gasteiger partial charge in [-0.2, -0.15) is 129 Å². The summed E-state index contributed by atoms with van der Waals surface area (Å²) in [6.45, 7) is 7.23. The maximum absolute atomic E-state index is 2.46. The van der Waals surface area contributed by atoms with Gasteiger partial charge >= 0.3 is 0 Å². The molecule has 0 aromatic carbocycles. The Labute approximate surface area is 332 Å². The SMILES string of the molecule is CCCCSC(CCSCC1CS1)C(CSCC1CS1)(C(CCSCC1CS1)SCCCC)C(CCSCC1CS1)SCCCC. The van der Waals surface area contributed by atoms with E-state index in [0.29, 0.717) is 5.41 Å². The fraction of sp³-hybridized carbons (Fsp3) is 1.00. The lowest BCUT2D eigenvalue weighted by Crippen LogP contribution is -2.53. The zero-order valence-corrected chi connectivity index (χ0v) is 38.0. The summed E-state index contributed by atoms with van der Waals surface area (Å²) >= 11 is 25.5. The van der Waals surface area contributed by atoms with Gasteiger partial charge in [-0.1, -0.05) is 40.0 Å². The van der Waals surface area contributed by atoms with Gasteiger partial charge in [-0.3, -0.25) is 0 Å². The average molecular weight is 838 g/mol. The van der Waals surface area contributed by atoms with Gasteiger partial charge in [0.05, 0.1) is 0 Å². The molecule has 7 atom stereocenters. The largest absolute Gasteiger partial charge is 0.161 e. The maximum atomic E-state index is 2.46. The van der Waals surface area contributed by atoms with E-state index < -0.39 is 0 Å². The minimum Gasteiger partial charge on any atom is -0.161 e. The second-order valence-corrected chi connectivity index (χ2v) is 26.9. The molecule has 0 aliphatic carbocycles. The third-order valence-electron chi connectivity index (χ3n) is 9.00. The minimum atomic E-state index is 0.415. The Balaban J connectivity index is 1.63. The van der Waals surface area contributed by atoms with Crippen LogP contribution >= 0.6 is 129 Å². The first kappa shape index (κ1) is 42.6. The zero-order valence-electron chi connectivity index (χ0n) is 29.0. The van der Waals surface area contributed by atoms with Gasteiger partial charge in [0.25, 0.3) is 0 Å². The van der Waals surface area contributed by atoms with Gasteiger partial charge in [0.1, 0.15) is 0 Å². The van der Waals surface area contributed by atoms with Crippen LogP contribution in [-0.4, -0.2) is 123 Å². The maximum Gasteiger partial charge on any atom is 0.0229 e. The summed E-state index contributed by atoms with van der Waals surface area (Å²) in [5.74, 6) is 20.9. The van der Waals surface area contributed by atoms with E-state index in [1.54, 1.807) is 0 Å². The van der Waals surface area contributed by atoms with Gasteiger partial charge in [-0.25, -0.2) is 0 Å². The molecule has 4 saturated heterocycles. The molecule has 0 saturated carbocycles. The van der Waals surface area contributed by atoms with Crippen molar-refractivity contribution >= 4 is 129 Å². The van der Waals surface area contributed by atoms with Gasteiger partial charge < -0.3 is 0 Å². The molecule has 0 nitrogen and oxygen atoms in total. The highest BCUT2D eigenvalue weighted by Gasteiger charge is 2.51. The molecule has 4 heterocycles. The molecule has 46 heavy (non-hydrogen) atoms. The Bertz CT molecular complexity index is 673. The first-order chi connectivity index (χ1) is 22.7. The average Bonchev–Trinajstić information content (AvgIpc) is 3.88. The Hall–Kier alpha value is 3.85. The predicted octanol–water partition coefficient (Wildman–Crippen LogP) is 12.2. The van der Waals surface area contributed by atoms with Gasteiger partial charge in [-0.15, -0.1) is 0 Å². The van der Waals surface area contributed by atoms with Crippen molar-refractivity contribution in [2.24, 2.45) is 5.41 Å². The third kappa shape index (κ3) is 17.8. The monoisotopic (exact) mass is 836 g/mol. The second-order valence-electron chi connectivity index (χ2n) is 13.2. The molecule has 4 aliphatic rings. The molecule has 4 fully saturated rings. The van der Waals surface area contributed by atoms with Crippen LogP contribution in [0.15, 0.2) is 0 Å². The Morgan fingerprint density at radius 1 is 0.478 bits per heavy atom. The van der Waals surface area contributed by atoms with E-state index in [0.717, 1.165) is 36.7 Å². The molecule has 270 valence electrons. The van der Waals surface area contributed by atoms with Crippen LogP contribution in [0.5, 0.6) is 0 Å². The van der Waals surface area contributed by atoms with Crippen LogP contribution in [0.4, 0.5) is 0 Å². The first-order valence-corrected chi connectivity index (χ1v) is 30.3. The van der Waals surface area contributed by atoms with Crippen molar-refractivity contribution in [2.45, 2.75) is 115 Å². The molecule has 0 aromatic rings. The van der Waals surface area contributed by atoms with Crippen LogP contribution < -0.4 is 0 Å². The molecule has 11 heteroatoms. The van der Waals surface area contributed by atoms with Crippen LogP contribution in [0.2, 0.25) is 0 Å². The summed E-state index contributed by atoms with van der Waals surface area (Å²) in [5, 5.41) is 6.22. The number of rotatable bonds is 34. The lowest BCUT2D eigenvalue weighted by molar-refractivity contribution is 0.283. The normalized spacial score (nSPS) is 26.4. The van der Waals surface area contributed by atoms with Gasteiger partial charge in [0.2, 0.25) is 0 Å². The third-order valence-corrected chi connectivity index (χ3v) is 23.4. The van der Waals surface area contributed by atoms with Crippen molar-refractivity contribution in [3.8, 4) is 0 Å². The van der Waals surface area contributed by atoms with Gasteiger partial charge in [0.15, 0.2) is 0 Å². The smallest absolute Gasteiger partial charge is 0.0229 e. The van der Waals surface area contributed by atoms with Gasteiger partial charge in [0, 0.05) is 93.9 Å². The number of unbranched alkanes of at least 4 members (excludes halogenated alkanes) is 3. The fourth-order valence-corrected chi connectivity index (χ4v) is 20.6. The minimum absolute atomic E-state index is 0.415. The number of hydrogen-bond acceptors (Lipinski definition) is 11. The van der Waals surface area contributed by atoms with Crippen LogP contribution in [0.25, 0.3) is 0 Å². The van der Waals surface area contributed by atoms with Crippen molar-refractivity contribution in [3.05, 3.63) is 0 Å². The molecule has 0 N–H and O–H groups in total. The fourth-order valence-electron chi connectivity index (χ4n) is 5.77. The molecule has 4 rings (SSSR count). The van der Waals surface area contributed by atoms with E-state index >= 15 is 0 Å². The lowest BCUT2D eigenvalue weighted by atomic mass is 9.75. The van der Waals surface area contributed by atoms with Crippen molar-refractivity contribution in [3.63, 3.8) is 0 Å². The highest BCUT2D eigenvalue weighted by Crippen LogP contribution is 2.54. The molecule has 0 spiro atoms. The van der Waals surface area contributed by atoms with Crippen LogP contribution in [0, 0.1) is 5.41 Å². The molecule has 7 unspecified atom stereocenters. The van der Waals surface area contributed by atoms with E-state index in [4.69, 9.17) is 0 Å². The van der Waals surface area contributed by atoms with E-state index in [2.05, 4.69) is 150 Å². The van der Waals surface area contributed by atoms with Crippen molar-refractivity contribution < 1.29 is 0 Å². The zero-order chi connectivity index (χ0) is 32.3. The summed E-state index contributed by atoms with van der Waals surface area (Å²) < 4.78 is 0. The van der Waals surface area contributed by atoms with Crippen LogP contribution in [0.1, 0.15) is 78.6 Å². The molecule has 4 aliphatic heterocycles. The number of thioether (sulfide) groups is 11. The standard InChI is InChI=1S/C35H64S11/c1-4-7-13-40-32(10-16-36-19-28-23-43-28)35(27-39-22-31-26-46-31,33(41-14-8-5-2)11-17-37-20-29-24-44-29)34(42-15-9-6-3)12-18-38-21-30-25-45-30/h28-34H,4-27H2,1-3H3. The second kappa shape index (κ2) is 25.8. The summed E-state index contributed by atoms with van der Waals surface area (Å²) in [6.07, 6.45) is 12.5. The van der Waals surface area contributed by atoms with E-state index in [-0.39, 0.29) is 0 Å². The lowest BCUT2D eigenvalue weighted by Gasteiger charge is -2.51. The number of hydrogen-bond donors (Lipinski definition) is 0. The highest BCUT2D eigenvalue weighted by atomic mass is 32.2. The van der Waals surface area contributed by atoms with E-state index in [9.17, 15) is 0 Å². The Kier molecular flexibility index (Phi) is 23.9. The predicted molar refractivity (Wildman–Crippen MR) is 244 cm³/mol. The van der Waals surface area contributed by atoms with E-state index in [1.165, 1.54) is 144 Å². The Morgan fingerprint density at radius 2 is 0.783 bits per heavy atom. The molecule has 0 amide bonds. The van der Waals surface area contributed by atoms with Crippen LogP contribution in [0.3, 0.4) is 0 Å². The molecule has 0 aromatic heterocycles. The summed E-state index contributed by atoms with van der Waals surface area (Å²) in [6, 6.07) is 0. The van der Waals surface area contributed by atoms with Gasteiger partial charge in [-0.05, 0) is 73.0 Å². The molecule has 0 radical (unpaired) electrons. The van der Waals surface area contributed by atoms with Crippen molar-refractivity contribution in [2.75, 3.05) is 86.3 Å².